The molecule has 1 amide bonds. The van der Waals surface area contributed by atoms with Gasteiger partial charge in [0.1, 0.15) is 6.54 Å². The van der Waals surface area contributed by atoms with Crippen molar-refractivity contribution in [1.29, 1.82) is 0 Å². The Labute approximate surface area is 216 Å². The number of carbonyl (C=O) groups is 1. The first-order valence-corrected chi connectivity index (χ1v) is 11.5. The third-order valence-corrected chi connectivity index (χ3v) is 6.68. The molecule has 1 fully saturated rings. The fourth-order valence-electron chi connectivity index (χ4n) is 4.10. The SMILES string of the molecule is O=C(Cn1cccn1)N1CC(F)(c2ccc(C3=CC(c4cc(Cl)c(F)c(Cl)c4)(C(F)(F)F)ON3)cn2)C1. The van der Waals surface area contributed by atoms with Crippen molar-refractivity contribution in [3.63, 3.8) is 0 Å². The lowest BCUT2D eigenvalue weighted by Crippen LogP contribution is -2.59. The molecule has 1 unspecified atom stereocenters. The van der Waals surface area contributed by atoms with Crippen LogP contribution in [0.15, 0.2) is 55.0 Å². The first-order chi connectivity index (χ1) is 17.4. The van der Waals surface area contributed by atoms with Crippen molar-refractivity contribution in [1.82, 2.24) is 25.1 Å². The Bertz CT molecular complexity index is 1350. The second kappa shape index (κ2) is 8.96. The van der Waals surface area contributed by atoms with Crippen LogP contribution in [0.25, 0.3) is 5.70 Å². The van der Waals surface area contributed by atoms with E-state index in [1.165, 1.54) is 34.1 Å². The van der Waals surface area contributed by atoms with Crippen LogP contribution in [-0.2, 0) is 27.4 Å². The van der Waals surface area contributed by atoms with E-state index < -0.39 is 38.9 Å². The highest BCUT2D eigenvalue weighted by atomic mass is 35.5. The van der Waals surface area contributed by atoms with Crippen LogP contribution in [0.4, 0.5) is 22.0 Å². The monoisotopic (exact) mass is 559 g/mol. The Morgan fingerprint density at radius 3 is 2.46 bits per heavy atom. The minimum absolute atomic E-state index is 0.0260. The van der Waals surface area contributed by atoms with Gasteiger partial charge in [0, 0.05) is 29.7 Å². The summed E-state index contributed by atoms with van der Waals surface area (Å²) in [6.07, 6.45) is 0.0816. The Hall–Kier alpha value is -3.22. The van der Waals surface area contributed by atoms with Crippen LogP contribution < -0.4 is 5.48 Å². The van der Waals surface area contributed by atoms with Crippen molar-refractivity contribution in [3.8, 4) is 0 Å². The smallest absolute Gasteiger partial charge is 0.334 e. The summed E-state index contributed by atoms with van der Waals surface area (Å²) in [5.74, 6) is -1.37. The van der Waals surface area contributed by atoms with Gasteiger partial charge in [-0.2, -0.15) is 18.3 Å². The van der Waals surface area contributed by atoms with Crippen molar-refractivity contribution in [2.45, 2.75) is 24.0 Å². The molecule has 1 N–H and O–H groups in total. The molecule has 0 aliphatic carbocycles. The lowest BCUT2D eigenvalue weighted by atomic mass is 9.90. The van der Waals surface area contributed by atoms with Gasteiger partial charge < -0.3 is 4.90 Å². The van der Waals surface area contributed by atoms with Gasteiger partial charge in [-0.05, 0) is 36.4 Å². The van der Waals surface area contributed by atoms with E-state index in [0.717, 1.165) is 18.2 Å². The summed E-state index contributed by atoms with van der Waals surface area (Å²) in [6, 6.07) is 5.92. The summed E-state index contributed by atoms with van der Waals surface area (Å²) >= 11 is 11.4. The zero-order chi connectivity index (χ0) is 26.6. The quantitative estimate of drug-likeness (QED) is 0.360. The number of carbonyl (C=O) groups excluding carboxylic acids is 1. The molecule has 0 radical (unpaired) electrons. The van der Waals surface area contributed by atoms with Crippen molar-refractivity contribution in [2.75, 3.05) is 13.1 Å². The fourth-order valence-corrected chi connectivity index (χ4v) is 4.59. The number of nitrogens with zero attached hydrogens (tertiary/aromatic N) is 4. The molecule has 0 saturated carbocycles. The van der Waals surface area contributed by atoms with Crippen LogP contribution in [-0.4, -0.2) is 44.8 Å². The minimum Gasteiger partial charge on any atom is -0.334 e. The molecule has 2 aliphatic rings. The summed E-state index contributed by atoms with van der Waals surface area (Å²) in [5.41, 5.74) is -3.15. The molecule has 0 spiro atoms. The topological polar surface area (TPSA) is 72.3 Å². The zero-order valence-corrected chi connectivity index (χ0v) is 20.1. The maximum absolute atomic E-state index is 15.3. The van der Waals surface area contributed by atoms with Crippen LogP contribution in [0.3, 0.4) is 0 Å². The van der Waals surface area contributed by atoms with Gasteiger partial charge in [0.2, 0.25) is 11.5 Å². The molecule has 4 heterocycles. The summed E-state index contributed by atoms with van der Waals surface area (Å²) in [6.45, 7) is -0.458. The number of aromatic nitrogens is 3. The van der Waals surface area contributed by atoms with Crippen LogP contribution in [0.1, 0.15) is 16.8 Å². The maximum Gasteiger partial charge on any atom is 0.428 e. The average molecular weight is 560 g/mol. The zero-order valence-electron chi connectivity index (χ0n) is 18.6. The van der Waals surface area contributed by atoms with E-state index in [-0.39, 0.29) is 42.5 Å². The molecule has 0 bridgehead atoms. The molecular weight excluding hydrogens is 544 g/mol. The third-order valence-electron chi connectivity index (χ3n) is 6.13. The molecule has 194 valence electrons. The summed E-state index contributed by atoms with van der Waals surface area (Å²) < 4.78 is 73.0. The number of rotatable bonds is 5. The number of amides is 1. The normalized spacial score (nSPS) is 20.8. The first-order valence-electron chi connectivity index (χ1n) is 10.7. The van der Waals surface area contributed by atoms with E-state index in [2.05, 4.69) is 15.6 Å². The number of alkyl halides is 4. The number of halogens is 7. The predicted molar refractivity (Wildman–Crippen MR) is 122 cm³/mol. The number of benzene rings is 1. The maximum atomic E-state index is 15.3. The molecule has 1 atom stereocenters. The van der Waals surface area contributed by atoms with Gasteiger partial charge in [-0.15, -0.1) is 0 Å². The number of likely N-dealkylation sites (tertiary alicyclic amines) is 1. The summed E-state index contributed by atoms with van der Waals surface area (Å²) in [7, 11) is 0. The molecule has 3 aromatic rings. The van der Waals surface area contributed by atoms with E-state index >= 15 is 4.39 Å². The minimum atomic E-state index is -4.99. The predicted octanol–water partition coefficient (Wildman–Crippen LogP) is 4.76. The largest absolute Gasteiger partial charge is 0.428 e. The second-order valence-electron chi connectivity index (χ2n) is 8.60. The first kappa shape index (κ1) is 25.4. The van der Waals surface area contributed by atoms with Gasteiger partial charge in [-0.3, -0.25) is 24.8 Å². The molecular formula is C23H16Cl2F5N5O2. The fraction of sp³-hybridized carbons (Fsp3) is 0.261. The van der Waals surface area contributed by atoms with Gasteiger partial charge in [0.15, 0.2) is 11.5 Å². The highest BCUT2D eigenvalue weighted by Gasteiger charge is 2.60. The van der Waals surface area contributed by atoms with Crippen molar-refractivity contribution >= 4 is 34.8 Å². The molecule has 2 aliphatic heterocycles. The van der Waals surface area contributed by atoms with Gasteiger partial charge >= 0.3 is 6.18 Å². The highest BCUT2D eigenvalue weighted by molar-refractivity contribution is 6.35. The summed E-state index contributed by atoms with van der Waals surface area (Å²) in [4.78, 5) is 22.6. The number of hydroxylamine groups is 1. The number of nitrogens with one attached hydrogen (secondary N) is 1. The van der Waals surface area contributed by atoms with E-state index in [1.54, 1.807) is 12.3 Å². The Balaban J connectivity index is 1.35. The standard InChI is InChI=1S/C23H16Cl2F5N5O2/c24-15-6-14(7-16(25)20(15)26)22(23(28,29)30)8-17(33-37-22)13-2-3-18(31-9-13)21(27)11-34(12-21)19(36)10-35-5-1-4-32-35/h1-9,33H,10-12H2. The number of hydrogen-bond donors (Lipinski definition) is 1. The third kappa shape index (κ3) is 4.42. The van der Waals surface area contributed by atoms with Gasteiger partial charge in [-0.25, -0.2) is 8.78 Å². The van der Waals surface area contributed by atoms with Crippen molar-refractivity contribution in [3.05, 3.63) is 87.7 Å². The Kier molecular flexibility index (Phi) is 6.16. The van der Waals surface area contributed by atoms with E-state index in [1.807, 2.05) is 0 Å². The number of hydrogen-bond acceptors (Lipinski definition) is 5. The molecule has 5 rings (SSSR count). The average Bonchev–Trinajstić information content (AvgIpc) is 3.51. The van der Waals surface area contributed by atoms with Crippen molar-refractivity contribution < 1.29 is 31.6 Å². The van der Waals surface area contributed by atoms with E-state index in [0.29, 0.717) is 0 Å². The molecule has 1 aromatic carbocycles. The van der Waals surface area contributed by atoms with Gasteiger partial charge in [0.25, 0.3) is 0 Å². The second-order valence-corrected chi connectivity index (χ2v) is 9.41. The van der Waals surface area contributed by atoms with Gasteiger partial charge in [-0.1, -0.05) is 23.2 Å². The molecule has 14 heteroatoms. The Morgan fingerprint density at radius 1 is 1.19 bits per heavy atom. The van der Waals surface area contributed by atoms with Gasteiger partial charge in [0.05, 0.1) is 34.5 Å². The highest BCUT2D eigenvalue weighted by Crippen LogP contribution is 2.48. The van der Waals surface area contributed by atoms with Crippen LogP contribution in [0, 0.1) is 5.82 Å². The van der Waals surface area contributed by atoms with E-state index in [9.17, 15) is 22.4 Å². The van der Waals surface area contributed by atoms with Crippen LogP contribution in [0.2, 0.25) is 10.0 Å². The van der Waals surface area contributed by atoms with Crippen LogP contribution >= 0.6 is 23.2 Å². The summed E-state index contributed by atoms with van der Waals surface area (Å²) in [5, 5.41) is 2.73. The van der Waals surface area contributed by atoms with Crippen LogP contribution in [0.5, 0.6) is 0 Å². The van der Waals surface area contributed by atoms with E-state index in [4.69, 9.17) is 28.0 Å². The Morgan fingerprint density at radius 2 is 1.89 bits per heavy atom. The molecule has 2 aromatic heterocycles. The molecule has 7 nitrogen and oxygen atoms in total. The molecule has 1 saturated heterocycles. The lowest BCUT2D eigenvalue weighted by Gasteiger charge is -2.43. The van der Waals surface area contributed by atoms with Crippen molar-refractivity contribution in [2.24, 2.45) is 0 Å². The molecule has 37 heavy (non-hydrogen) atoms. The lowest BCUT2D eigenvalue weighted by molar-refractivity contribution is -0.269. The number of pyridine rings is 1.